The van der Waals surface area contributed by atoms with Crippen LogP contribution in [0.4, 0.5) is 28.4 Å². The molecule has 38 heteroatoms. The molecule has 732 valence electrons. The number of nitrogens with zero attached hydrogens (tertiary/aromatic N) is 13. The number of rotatable bonds is 27. The van der Waals surface area contributed by atoms with Gasteiger partial charge in [-0.2, -0.15) is 10.1 Å². The van der Waals surface area contributed by atoms with Gasteiger partial charge in [-0.05, 0) is 155 Å². The van der Waals surface area contributed by atoms with E-state index in [1.165, 1.54) is 38.1 Å². The van der Waals surface area contributed by atoms with Crippen LogP contribution >= 0.6 is 0 Å². The Bertz CT molecular complexity index is 5490. The lowest BCUT2D eigenvalue weighted by Gasteiger charge is -2.42. The Hall–Kier alpha value is -11.7. The van der Waals surface area contributed by atoms with Crippen LogP contribution in [0.2, 0.25) is 0 Å². The molecule has 0 spiro atoms. The second-order valence-corrected chi connectivity index (χ2v) is 36.9. The molecule has 10 heterocycles. The average molecular weight is 1880 g/mol. The SMILES string of the molecule is CO[C@H]1C[C@@H]2CC[C@@H](C)[C@@](O)(O2)C(=O)C(=O)N2CCCC[C@H]2C(=O)O[C@H]([C@H](N)C[C@@H]2CC[C@@H](OC(=O)NCc3cnc(N4CCN(c5ncc(C(=O)CN(C)CC(=O)NCCOCCOCCC(=O)N6CCc7cc(Cn8nc(-c9ccc%10oc(N)nc%10c9)c9c(N)ccnc98)ccc7C6)cn5)CC4)nc3)[C@H](OC)C2)CC(=O)[C@H](C)/C=C(\C)[C@@H](O)[C@@H](O)C(=O)[C@H](C)C[C@H](C)/C=C/C=CC=C1C. The molecular formula is C98H130N18O20. The molecule has 1 saturated carbocycles. The number of aliphatic hydroxyl groups excluding tert-OH is 2. The summed E-state index contributed by atoms with van der Waals surface area (Å²) >= 11 is 0. The van der Waals surface area contributed by atoms with Crippen molar-refractivity contribution in [3.8, 4) is 11.3 Å². The van der Waals surface area contributed by atoms with Gasteiger partial charge in [-0.3, -0.25) is 38.5 Å². The second kappa shape index (κ2) is 47.4. The first-order chi connectivity index (χ1) is 65.3. The maximum atomic E-state index is 14.7. The number of alkyl carbamates (subject to hydrolysis) is 1. The molecule has 15 atom stereocenters. The third-order valence-corrected chi connectivity index (χ3v) is 26.7. The van der Waals surface area contributed by atoms with E-state index in [-0.39, 0.29) is 126 Å². The smallest absolute Gasteiger partial charge is 0.407 e. The number of esters is 1. The lowest BCUT2D eigenvalue weighted by Crippen LogP contribution is -2.61. The molecule has 3 saturated heterocycles. The molecule has 13 rings (SSSR count). The van der Waals surface area contributed by atoms with Gasteiger partial charge in [-0.1, -0.05) is 82.4 Å². The van der Waals surface area contributed by atoms with Crippen LogP contribution in [0.15, 0.2) is 125 Å². The van der Waals surface area contributed by atoms with Crippen molar-refractivity contribution in [1.29, 1.82) is 0 Å². The van der Waals surface area contributed by atoms with Gasteiger partial charge in [0.15, 0.2) is 22.8 Å². The number of piperazine rings is 1. The topological polar surface area (TPSA) is 506 Å². The number of aliphatic hydroxyl groups is 3. The zero-order valence-electron chi connectivity index (χ0n) is 79.0. The summed E-state index contributed by atoms with van der Waals surface area (Å²) in [7, 11) is 4.72. The Morgan fingerprint density at radius 3 is 2.21 bits per heavy atom. The summed E-state index contributed by atoms with van der Waals surface area (Å²) in [5, 5.41) is 46.0. The number of hydrogen-bond acceptors (Lipinski definition) is 33. The number of methoxy groups -OCH3 is 2. The minimum atomic E-state index is -2.52. The number of allylic oxidation sites excluding steroid dienone is 6. The molecule has 2 bridgehead atoms. The number of cyclic esters (lactones) is 1. The number of nitrogens with one attached hydrogen (secondary N) is 2. The van der Waals surface area contributed by atoms with Crippen LogP contribution in [0, 0.1) is 29.6 Å². The summed E-state index contributed by atoms with van der Waals surface area (Å²) in [6, 6.07) is 11.4. The number of benzene rings is 2. The van der Waals surface area contributed by atoms with Crippen molar-refractivity contribution < 1.29 is 96.0 Å². The first-order valence-electron chi connectivity index (χ1n) is 47.1. The largest absolute Gasteiger partial charge is 0.459 e. The molecule has 7 aromatic rings. The minimum absolute atomic E-state index is 0.00273. The number of carbonyl (C=O) groups is 9. The zero-order valence-corrected chi connectivity index (χ0v) is 79.0. The second-order valence-electron chi connectivity index (χ2n) is 36.9. The Morgan fingerprint density at radius 1 is 0.735 bits per heavy atom. The number of fused-ring (bicyclic) bond motifs is 6. The van der Waals surface area contributed by atoms with Crippen molar-refractivity contribution in [3.63, 3.8) is 0 Å². The number of nitrogen functional groups attached to an aromatic ring is 2. The lowest BCUT2D eigenvalue weighted by molar-refractivity contribution is -0.265. The third-order valence-electron chi connectivity index (χ3n) is 26.7. The van der Waals surface area contributed by atoms with E-state index in [2.05, 4.69) is 58.7 Å². The fourth-order valence-electron chi connectivity index (χ4n) is 18.7. The van der Waals surface area contributed by atoms with E-state index in [1.807, 2.05) is 81.8 Å². The molecule has 5 aliphatic heterocycles. The average Bonchev–Trinajstić information content (AvgIpc) is 1.41. The van der Waals surface area contributed by atoms with Gasteiger partial charge in [0.25, 0.3) is 17.7 Å². The summed E-state index contributed by atoms with van der Waals surface area (Å²) in [5.41, 5.74) is 28.4. The number of ketones is 4. The highest BCUT2D eigenvalue weighted by molar-refractivity contribution is 6.39. The number of amides is 4. The van der Waals surface area contributed by atoms with Gasteiger partial charge in [-0.15, -0.1) is 0 Å². The fraction of sp³-hybridized carbons (Fsp3) is 0.551. The fourth-order valence-corrected chi connectivity index (χ4v) is 18.7. The molecule has 5 aromatic heterocycles. The number of oxazole rings is 1. The Balaban J connectivity index is 0.508. The van der Waals surface area contributed by atoms with Crippen LogP contribution < -0.4 is 37.6 Å². The Morgan fingerprint density at radius 2 is 1.47 bits per heavy atom. The summed E-state index contributed by atoms with van der Waals surface area (Å²) in [5.74, 6) is -9.05. The molecule has 6 aliphatic rings. The number of hydrogen-bond donors (Lipinski definition) is 8. The Labute approximate surface area is 790 Å². The number of pyridine rings is 1. The van der Waals surface area contributed by atoms with Crippen LogP contribution in [0.3, 0.4) is 0 Å². The van der Waals surface area contributed by atoms with E-state index in [0.717, 1.165) is 32.5 Å². The molecule has 38 nitrogen and oxygen atoms in total. The van der Waals surface area contributed by atoms with Crippen molar-refractivity contribution in [3.05, 3.63) is 149 Å². The number of nitrogens with two attached hydrogens (primary N) is 3. The van der Waals surface area contributed by atoms with Crippen molar-refractivity contribution >= 4 is 98.6 Å². The highest BCUT2D eigenvalue weighted by Crippen LogP contribution is 2.40. The van der Waals surface area contributed by atoms with Crippen LogP contribution in [0.5, 0.6) is 0 Å². The summed E-state index contributed by atoms with van der Waals surface area (Å²) in [6.07, 6.45) is 15.2. The van der Waals surface area contributed by atoms with Crippen LogP contribution in [-0.4, -0.2) is 290 Å². The number of carbonyl (C=O) groups excluding carboxylic acids is 9. The van der Waals surface area contributed by atoms with Crippen LogP contribution in [-0.2, 0) is 92.8 Å². The summed E-state index contributed by atoms with van der Waals surface area (Å²) < 4.78 is 48.9. The maximum absolute atomic E-state index is 14.7. The van der Waals surface area contributed by atoms with Crippen LogP contribution in [0.1, 0.15) is 158 Å². The van der Waals surface area contributed by atoms with Gasteiger partial charge in [0.1, 0.15) is 47.5 Å². The molecule has 1 aliphatic carbocycles. The van der Waals surface area contributed by atoms with E-state index in [0.29, 0.717) is 155 Å². The quantitative estimate of drug-likeness (QED) is 0.00839. The lowest BCUT2D eigenvalue weighted by atomic mass is 9.80. The van der Waals surface area contributed by atoms with Gasteiger partial charge >= 0.3 is 12.1 Å². The molecule has 2 aromatic carbocycles. The minimum Gasteiger partial charge on any atom is -0.459 e. The van der Waals surface area contributed by atoms with Crippen molar-refractivity contribution in [1.82, 2.24) is 65.0 Å². The predicted molar refractivity (Wildman–Crippen MR) is 504 cm³/mol. The van der Waals surface area contributed by atoms with E-state index in [1.54, 1.807) is 64.5 Å². The van der Waals surface area contributed by atoms with E-state index in [4.69, 9.17) is 59.9 Å². The summed E-state index contributed by atoms with van der Waals surface area (Å²) in [6.45, 7) is 15.1. The van der Waals surface area contributed by atoms with Crippen molar-refractivity contribution in [2.75, 3.05) is 128 Å². The first-order valence-corrected chi connectivity index (χ1v) is 47.1. The monoisotopic (exact) mass is 1880 g/mol. The predicted octanol–water partition coefficient (Wildman–Crippen LogP) is 7.06. The number of Topliss-reactive ketones (excluding diaryl/α,β-unsaturated/α-hetero) is 4. The van der Waals surface area contributed by atoms with Gasteiger partial charge in [0, 0.05) is 158 Å². The summed E-state index contributed by atoms with van der Waals surface area (Å²) in [4.78, 5) is 160. The van der Waals surface area contributed by atoms with Gasteiger partial charge in [-0.25, -0.2) is 39.2 Å². The Kier molecular flexibility index (Phi) is 35.4. The zero-order chi connectivity index (χ0) is 97.0. The van der Waals surface area contributed by atoms with Gasteiger partial charge in [0.05, 0.1) is 81.7 Å². The van der Waals surface area contributed by atoms with Gasteiger partial charge < -0.3 is 100 Å². The number of likely N-dealkylation sites (N-methyl/N-ethyl adjacent to an activating group) is 1. The molecule has 0 radical (unpaired) electrons. The molecule has 4 fully saturated rings. The number of anilines is 4. The van der Waals surface area contributed by atoms with E-state index >= 15 is 0 Å². The highest BCUT2D eigenvalue weighted by Gasteiger charge is 2.53. The third kappa shape index (κ3) is 26.1. The molecule has 4 amide bonds. The normalized spacial score (nSPS) is 26.0. The van der Waals surface area contributed by atoms with Crippen LogP contribution in [0.25, 0.3) is 33.4 Å². The van der Waals surface area contributed by atoms with E-state index in [9.17, 15) is 58.5 Å². The standard InChI is InChI=1S/C98H130N18O20/c1-58-15-11-10-12-16-59(2)80(129-8)47-71-23-18-63(6)98(128,136-71)90(124)92(125)115-31-14-13-17-75(115)93(126)133-81(48-76(117)60(3)42-62(5)88(122)89(123)87(121)61(4)41-58)73(100)44-64-20-24-79(82(45-64)130-9)135-97(127)108-51-66-49-104-95(105-50-66)112-33-35-113(36-34-112)96-106-52-70(53-107-96)77(118)56-111(7)57-83(119)102-30-38-132-40-39-131-37-28-84(120)114-32-27-67-43-65(19-21-69(67)55-114)54-116-91-85(72(99)26-29-103-91)86(110-116)68-22-25-78-74(46-68)109-94(101)134-78/h10-12,15-16,19,21-22,25-26,29,42-43,46,49-50,52-53,58,60-61,63-64,71,73,75,79-82,88-89,122-123,128H,13-14,17-18,20,23-24,27-28,30-41,44-45,47-48,51,54-57,100H2,1-9H3,(H2,99,103)(H2,101,109)(H,102,119)(H,108,127)/b12-10?,15-11+,59-16?,62-42+/t58-,60-,61-,63-,64+,71+,73-,75+,79-,80+,81+,82-,88-,89+,98-/m1/s1. The van der Waals surface area contributed by atoms with E-state index < -0.39 is 120 Å². The van der Waals surface area contributed by atoms with Gasteiger partial charge in [0.2, 0.25) is 29.5 Å². The van der Waals surface area contributed by atoms with Crippen molar-refractivity contribution in [2.24, 2.45) is 35.3 Å². The number of aromatic nitrogens is 8. The number of piperidine rings is 1. The molecule has 11 N–H and O–H groups in total. The highest BCUT2D eigenvalue weighted by atomic mass is 16.6. The molecule has 0 unspecified atom stereocenters. The number of ether oxygens (including phenoxy) is 7. The maximum Gasteiger partial charge on any atom is 0.407 e. The van der Waals surface area contributed by atoms with Crippen molar-refractivity contribution in [2.45, 2.75) is 212 Å². The molecular weight excluding hydrogens is 1750 g/mol. The first kappa shape index (κ1) is 102. The molecule has 136 heavy (non-hydrogen) atoms.